The van der Waals surface area contributed by atoms with Gasteiger partial charge in [0, 0.05) is 6.20 Å². The molecule has 1 aromatic heterocycles. The van der Waals surface area contributed by atoms with E-state index in [9.17, 15) is 14.4 Å². The van der Waals surface area contributed by atoms with Crippen molar-refractivity contribution in [2.45, 2.75) is 6.92 Å². The lowest BCUT2D eigenvalue weighted by Gasteiger charge is -2.08. The lowest BCUT2D eigenvalue weighted by molar-refractivity contribution is -0.141. The molecule has 2 amide bonds. The standard InChI is InChI=1S/C11H13N3O5/c1-2-19-8(15)6-13-11(18)14-7-4-3-5-12-9(7)10(16)17/h3-5H,2,6H2,1H3,(H,16,17)(H2,13,14,18). The lowest BCUT2D eigenvalue weighted by atomic mass is 10.3. The highest BCUT2D eigenvalue weighted by Crippen LogP contribution is 2.11. The average Bonchev–Trinajstić information content (AvgIpc) is 2.37. The van der Waals surface area contributed by atoms with Gasteiger partial charge in [0.15, 0.2) is 5.69 Å². The summed E-state index contributed by atoms with van der Waals surface area (Å²) in [5.74, 6) is -1.84. The lowest BCUT2D eigenvalue weighted by Crippen LogP contribution is -2.34. The molecule has 8 heteroatoms. The molecule has 0 saturated heterocycles. The predicted molar refractivity (Wildman–Crippen MR) is 64.9 cm³/mol. The number of pyridine rings is 1. The number of rotatable bonds is 5. The van der Waals surface area contributed by atoms with Gasteiger partial charge in [-0.3, -0.25) is 4.79 Å². The van der Waals surface area contributed by atoms with E-state index in [1.807, 2.05) is 0 Å². The minimum atomic E-state index is -1.26. The molecule has 102 valence electrons. The zero-order valence-electron chi connectivity index (χ0n) is 10.2. The van der Waals surface area contributed by atoms with Crippen LogP contribution in [0.5, 0.6) is 0 Å². The normalized spacial score (nSPS) is 9.53. The zero-order valence-corrected chi connectivity index (χ0v) is 10.2. The van der Waals surface area contributed by atoms with Gasteiger partial charge in [-0.25, -0.2) is 14.6 Å². The van der Waals surface area contributed by atoms with Gasteiger partial charge in [-0.15, -0.1) is 0 Å². The SMILES string of the molecule is CCOC(=O)CNC(=O)Nc1cccnc1C(=O)O. The summed E-state index contributed by atoms with van der Waals surface area (Å²) in [4.78, 5) is 36.9. The molecule has 0 radical (unpaired) electrons. The Kier molecular flexibility index (Phi) is 5.27. The number of esters is 1. The second-order valence-electron chi connectivity index (χ2n) is 3.32. The molecule has 0 aliphatic carbocycles. The van der Waals surface area contributed by atoms with E-state index in [1.54, 1.807) is 6.92 Å². The van der Waals surface area contributed by atoms with Crippen molar-refractivity contribution in [3.63, 3.8) is 0 Å². The molecule has 0 aliphatic heterocycles. The molecule has 0 unspecified atom stereocenters. The predicted octanol–water partition coefficient (Wildman–Crippen LogP) is 0.464. The van der Waals surface area contributed by atoms with Gasteiger partial charge in [0.1, 0.15) is 6.54 Å². The van der Waals surface area contributed by atoms with E-state index < -0.39 is 18.0 Å². The fourth-order valence-corrected chi connectivity index (χ4v) is 1.21. The number of hydrogen-bond donors (Lipinski definition) is 3. The van der Waals surface area contributed by atoms with Gasteiger partial charge in [0.2, 0.25) is 0 Å². The number of carbonyl (C=O) groups is 3. The fourth-order valence-electron chi connectivity index (χ4n) is 1.21. The number of carboxylic acids is 1. The zero-order chi connectivity index (χ0) is 14.3. The number of ether oxygens (including phenoxy) is 1. The molecule has 1 rings (SSSR count). The summed E-state index contributed by atoms with van der Waals surface area (Å²) in [5, 5.41) is 13.4. The second kappa shape index (κ2) is 6.94. The van der Waals surface area contributed by atoms with E-state index in [2.05, 4.69) is 20.4 Å². The third-order valence-corrected chi connectivity index (χ3v) is 1.96. The van der Waals surface area contributed by atoms with Gasteiger partial charge in [-0.05, 0) is 19.1 Å². The van der Waals surface area contributed by atoms with Crippen LogP contribution in [0.4, 0.5) is 10.5 Å². The van der Waals surface area contributed by atoms with E-state index in [0.717, 1.165) is 0 Å². The molecule has 0 spiro atoms. The molecular formula is C11H13N3O5. The molecule has 0 saturated carbocycles. The van der Waals surface area contributed by atoms with Gasteiger partial charge in [-0.1, -0.05) is 0 Å². The first-order valence-corrected chi connectivity index (χ1v) is 5.43. The van der Waals surface area contributed by atoms with Gasteiger partial charge in [-0.2, -0.15) is 0 Å². The van der Waals surface area contributed by atoms with Gasteiger partial charge in [0.25, 0.3) is 0 Å². The van der Waals surface area contributed by atoms with E-state index in [1.165, 1.54) is 18.3 Å². The molecule has 19 heavy (non-hydrogen) atoms. The Morgan fingerprint density at radius 1 is 1.42 bits per heavy atom. The number of nitrogens with one attached hydrogen (secondary N) is 2. The second-order valence-corrected chi connectivity index (χ2v) is 3.32. The van der Waals surface area contributed by atoms with Crippen LogP contribution in [0.1, 0.15) is 17.4 Å². The number of aromatic nitrogens is 1. The van der Waals surface area contributed by atoms with Crippen molar-refractivity contribution >= 4 is 23.7 Å². The van der Waals surface area contributed by atoms with Crippen molar-refractivity contribution in [2.75, 3.05) is 18.5 Å². The van der Waals surface area contributed by atoms with E-state index in [4.69, 9.17) is 5.11 Å². The number of nitrogens with zero attached hydrogens (tertiary/aromatic N) is 1. The summed E-state index contributed by atoms with van der Waals surface area (Å²) < 4.78 is 4.62. The maximum Gasteiger partial charge on any atom is 0.356 e. The first-order valence-electron chi connectivity index (χ1n) is 5.43. The molecule has 3 N–H and O–H groups in total. The highest BCUT2D eigenvalue weighted by atomic mass is 16.5. The number of anilines is 1. The van der Waals surface area contributed by atoms with Crippen molar-refractivity contribution in [3.8, 4) is 0 Å². The number of aromatic carboxylic acids is 1. The van der Waals surface area contributed by atoms with Gasteiger partial charge < -0.3 is 20.5 Å². The topological polar surface area (TPSA) is 118 Å². The number of urea groups is 1. The summed E-state index contributed by atoms with van der Waals surface area (Å²) in [6, 6.07) is 2.15. The van der Waals surface area contributed by atoms with Crippen molar-refractivity contribution < 1.29 is 24.2 Å². The smallest absolute Gasteiger partial charge is 0.356 e. The third-order valence-electron chi connectivity index (χ3n) is 1.96. The first kappa shape index (κ1) is 14.4. The van der Waals surface area contributed by atoms with Crippen molar-refractivity contribution in [1.29, 1.82) is 0 Å². The van der Waals surface area contributed by atoms with E-state index in [-0.39, 0.29) is 24.5 Å². The Morgan fingerprint density at radius 2 is 2.16 bits per heavy atom. The Hall–Kier alpha value is -2.64. The monoisotopic (exact) mass is 267 g/mol. The molecule has 0 aromatic carbocycles. The average molecular weight is 267 g/mol. The number of hydrogen-bond acceptors (Lipinski definition) is 5. The molecule has 0 atom stereocenters. The maximum absolute atomic E-state index is 11.4. The number of amides is 2. The maximum atomic E-state index is 11.4. The quantitative estimate of drug-likeness (QED) is 0.667. The first-order chi connectivity index (χ1) is 9.04. The van der Waals surface area contributed by atoms with Crippen LogP contribution in [-0.4, -0.2) is 41.2 Å². The van der Waals surface area contributed by atoms with E-state index in [0.29, 0.717) is 0 Å². The summed E-state index contributed by atoms with van der Waals surface area (Å²) in [6.45, 7) is 1.56. The Balaban J connectivity index is 2.58. The number of carbonyl (C=O) groups excluding carboxylic acids is 2. The van der Waals surface area contributed by atoms with E-state index >= 15 is 0 Å². The molecule has 0 bridgehead atoms. The highest BCUT2D eigenvalue weighted by molar-refractivity contribution is 5.99. The van der Waals surface area contributed by atoms with Crippen molar-refractivity contribution in [3.05, 3.63) is 24.0 Å². The minimum Gasteiger partial charge on any atom is -0.476 e. The summed E-state index contributed by atoms with van der Waals surface area (Å²) in [7, 11) is 0. The Bertz CT molecular complexity index is 489. The highest BCUT2D eigenvalue weighted by Gasteiger charge is 2.13. The third kappa shape index (κ3) is 4.62. The van der Waals surface area contributed by atoms with Crippen molar-refractivity contribution in [2.24, 2.45) is 0 Å². The summed E-state index contributed by atoms with van der Waals surface area (Å²) >= 11 is 0. The van der Waals surface area contributed by atoms with Crippen LogP contribution in [0.15, 0.2) is 18.3 Å². The Morgan fingerprint density at radius 3 is 2.79 bits per heavy atom. The van der Waals surface area contributed by atoms with Crippen LogP contribution in [0.3, 0.4) is 0 Å². The molecule has 1 heterocycles. The summed E-state index contributed by atoms with van der Waals surface area (Å²) in [5.41, 5.74) is -0.245. The van der Waals surface area contributed by atoms with Crippen molar-refractivity contribution in [1.82, 2.24) is 10.3 Å². The Labute approximate surface area is 108 Å². The minimum absolute atomic E-state index is 0.0383. The largest absolute Gasteiger partial charge is 0.476 e. The van der Waals surface area contributed by atoms with Gasteiger partial charge >= 0.3 is 18.0 Å². The van der Waals surface area contributed by atoms with Crippen LogP contribution >= 0.6 is 0 Å². The van der Waals surface area contributed by atoms with Crippen LogP contribution in [-0.2, 0) is 9.53 Å². The fraction of sp³-hybridized carbons (Fsp3) is 0.273. The van der Waals surface area contributed by atoms with Crippen LogP contribution in [0.2, 0.25) is 0 Å². The number of carboxylic acid groups (broad SMARTS) is 1. The van der Waals surface area contributed by atoms with Crippen LogP contribution < -0.4 is 10.6 Å². The molecule has 1 aromatic rings. The molecule has 0 fully saturated rings. The van der Waals surface area contributed by atoms with Crippen LogP contribution in [0.25, 0.3) is 0 Å². The molecular weight excluding hydrogens is 254 g/mol. The van der Waals surface area contributed by atoms with Crippen LogP contribution in [0, 0.1) is 0 Å². The molecule has 0 aliphatic rings. The van der Waals surface area contributed by atoms with Gasteiger partial charge in [0.05, 0.1) is 12.3 Å². The molecule has 8 nitrogen and oxygen atoms in total. The summed E-state index contributed by atoms with van der Waals surface area (Å²) in [6.07, 6.45) is 1.30.